The summed E-state index contributed by atoms with van der Waals surface area (Å²) < 4.78 is 5.70. The number of amides is 1. The number of nitrogens with one attached hydrogen (secondary N) is 1. The lowest BCUT2D eigenvalue weighted by Crippen LogP contribution is -2.37. The Balaban J connectivity index is 1.85. The second kappa shape index (κ2) is 6.27. The van der Waals surface area contributed by atoms with Gasteiger partial charge in [-0.15, -0.1) is 0 Å². The Bertz CT molecular complexity index is 492. The average Bonchev–Trinajstić information content (AvgIpc) is 2.98. The van der Waals surface area contributed by atoms with Crippen molar-refractivity contribution in [3.8, 4) is 0 Å². The molecule has 4 heteroatoms. The summed E-state index contributed by atoms with van der Waals surface area (Å²) in [6.07, 6.45) is 4.34. The summed E-state index contributed by atoms with van der Waals surface area (Å²) in [6.45, 7) is 6.04. The van der Waals surface area contributed by atoms with Crippen LogP contribution in [-0.4, -0.2) is 23.7 Å². The first-order valence-electron chi connectivity index (χ1n) is 7.20. The van der Waals surface area contributed by atoms with E-state index in [2.05, 4.69) is 12.2 Å². The SMILES string of the molecule is CC(CO)C(C)NC(=O)/C=C/c1ccc(C2CC2C)o1. The number of aliphatic hydroxyl groups excluding tert-OH is 1. The molecule has 4 unspecified atom stereocenters. The van der Waals surface area contributed by atoms with Gasteiger partial charge in [0.2, 0.25) is 5.91 Å². The summed E-state index contributed by atoms with van der Waals surface area (Å²) in [5.41, 5.74) is 0. The predicted octanol–water partition coefficient (Wildman–Crippen LogP) is 2.55. The Kier molecular flexibility index (Phi) is 4.65. The van der Waals surface area contributed by atoms with E-state index in [0.29, 0.717) is 17.6 Å². The van der Waals surface area contributed by atoms with Crippen molar-refractivity contribution >= 4 is 12.0 Å². The van der Waals surface area contributed by atoms with E-state index in [1.54, 1.807) is 6.08 Å². The van der Waals surface area contributed by atoms with Crippen molar-refractivity contribution < 1.29 is 14.3 Å². The van der Waals surface area contributed by atoms with Gasteiger partial charge in [0.1, 0.15) is 11.5 Å². The third-order valence-corrected chi connectivity index (χ3v) is 4.03. The third-order valence-electron chi connectivity index (χ3n) is 4.03. The quantitative estimate of drug-likeness (QED) is 0.785. The van der Waals surface area contributed by atoms with Gasteiger partial charge in [-0.1, -0.05) is 13.8 Å². The lowest BCUT2D eigenvalue weighted by molar-refractivity contribution is -0.117. The molecule has 0 spiro atoms. The maximum Gasteiger partial charge on any atom is 0.244 e. The molecule has 1 saturated carbocycles. The number of carbonyl (C=O) groups is 1. The molecule has 2 N–H and O–H groups in total. The molecule has 1 amide bonds. The highest BCUT2D eigenvalue weighted by molar-refractivity contribution is 5.91. The summed E-state index contributed by atoms with van der Waals surface area (Å²) in [6, 6.07) is 3.82. The van der Waals surface area contributed by atoms with E-state index in [9.17, 15) is 4.79 Å². The van der Waals surface area contributed by atoms with Crippen LogP contribution in [0.5, 0.6) is 0 Å². The van der Waals surface area contributed by atoms with Crippen molar-refractivity contribution in [3.63, 3.8) is 0 Å². The standard InChI is InChI=1S/C16H23NO3/c1-10-8-14(10)15-6-4-13(20-15)5-7-16(19)17-12(3)11(2)9-18/h4-7,10-12,14,18H,8-9H2,1-3H3,(H,17,19)/b7-5+. The van der Waals surface area contributed by atoms with Crippen LogP contribution >= 0.6 is 0 Å². The van der Waals surface area contributed by atoms with Gasteiger partial charge >= 0.3 is 0 Å². The van der Waals surface area contributed by atoms with Gasteiger partial charge in [0.15, 0.2) is 0 Å². The first-order chi connectivity index (χ1) is 9.51. The van der Waals surface area contributed by atoms with E-state index in [0.717, 1.165) is 5.76 Å². The molecule has 1 heterocycles. The van der Waals surface area contributed by atoms with E-state index in [1.807, 2.05) is 26.0 Å². The summed E-state index contributed by atoms with van der Waals surface area (Å²) in [4.78, 5) is 11.7. The Morgan fingerprint density at radius 3 is 2.85 bits per heavy atom. The zero-order chi connectivity index (χ0) is 14.7. The van der Waals surface area contributed by atoms with Crippen LogP contribution in [0.3, 0.4) is 0 Å². The van der Waals surface area contributed by atoms with Crippen LogP contribution in [-0.2, 0) is 4.79 Å². The molecule has 20 heavy (non-hydrogen) atoms. The summed E-state index contributed by atoms with van der Waals surface area (Å²) in [5.74, 6) is 2.85. The first-order valence-corrected chi connectivity index (χ1v) is 7.20. The molecular weight excluding hydrogens is 254 g/mol. The van der Waals surface area contributed by atoms with Gasteiger partial charge < -0.3 is 14.8 Å². The van der Waals surface area contributed by atoms with Crippen molar-refractivity contribution in [1.29, 1.82) is 0 Å². The minimum atomic E-state index is -0.171. The molecule has 1 aliphatic carbocycles. The lowest BCUT2D eigenvalue weighted by atomic mass is 10.1. The van der Waals surface area contributed by atoms with Crippen molar-refractivity contribution in [1.82, 2.24) is 5.32 Å². The first kappa shape index (κ1) is 14.9. The Morgan fingerprint density at radius 2 is 2.25 bits per heavy atom. The minimum absolute atomic E-state index is 0.0407. The monoisotopic (exact) mass is 277 g/mol. The molecule has 4 nitrogen and oxygen atoms in total. The van der Waals surface area contributed by atoms with Gasteiger partial charge in [0.05, 0.1) is 0 Å². The van der Waals surface area contributed by atoms with Crippen LogP contribution in [0.25, 0.3) is 6.08 Å². The lowest BCUT2D eigenvalue weighted by Gasteiger charge is -2.17. The molecule has 1 fully saturated rings. The van der Waals surface area contributed by atoms with E-state index >= 15 is 0 Å². The molecule has 0 aromatic carbocycles. The normalized spacial score (nSPS) is 24.6. The average molecular weight is 277 g/mol. The molecular formula is C16H23NO3. The molecule has 1 aromatic rings. The topological polar surface area (TPSA) is 62.5 Å². The summed E-state index contributed by atoms with van der Waals surface area (Å²) in [7, 11) is 0. The number of aliphatic hydroxyl groups is 1. The molecule has 4 atom stereocenters. The maximum atomic E-state index is 11.7. The molecule has 0 radical (unpaired) electrons. The van der Waals surface area contributed by atoms with E-state index in [1.165, 1.54) is 12.5 Å². The highest BCUT2D eigenvalue weighted by Gasteiger charge is 2.36. The van der Waals surface area contributed by atoms with E-state index < -0.39 is 0 Å². The number of hydrogen-bond acceptors (Lipinski definition) is 3. The van der Waals surface area contributed by atoms with Crippen molar-refractivity contribution in [2.75, 3.05) is 6.61 Å². The van der Waals surface area contributed by atoms with Gasteiger partial charge in [-0.2, -0.15) is 0 Å². The van der Waals surface area contributed by atoms with E-state index in [-0.39, 0.29) is 24.5 Å². The molecule has 2 rings (SSSR count). The second-order valence-electron chi connectivity index (χ2n) is 5.85. The van der Waals surface area contributed by atoms with Crippen LogP contribution in [0.1, 0.15) is 44.6 Å². The number of rotatable bonds is 6. The summed E-state index contributed by atoms with van der Waals surface area (Å²) in [5, 5.41) is 11.8. The van der Waals surface area contributed by atoms with Crippen LogP contribution in [0, 0.1) is 11.8 Å². The maximum absolute atomic E-state index is 11.7. The predicted molar refractivity (Wildman–Crippen MR) is 78.1 cm³/mol. The Hall–Kier alpha value is -1.55. The second-order valence-corrected chi connectivity index (χ2v) is 5.85. The van der Waals surface area contributed by atoms with Gasteiger partial charge in [0.25, 0.3) is 0 Å². The third kappa shape index (κ3) is 3.73. The number of carbonyl (C=O) groups excluding carboxylic acids is 1. The fourth-order valence-corrected chi connectivity index (χ4v) is 2.11. The fourth-order valence-electron chi connectivity index (χ4n) is 2.11. The highest BCUT2D eigenvalue weighted by atomic mass is 16.3. The summed E-state index contributed by atoms with van der Waals surface area (Å²) >= 11 is 0. The molecule has 110 valence electrons. The van der Waals surface area contributed by atoms with Crippen LogP contribution in [0.4, 0.5) is 0 Å². The van der Waals surface area contributed by atoms with Crippen molar-refractivity contribution in [2.45, 2.75) is 39.2 Å². The van der Waals surface area contributed by atoms with Crippen LogP contribution in [0.15, 0.2) is 22.6 Å². The minimum Gasteiger partial charge on any atom is -0.461 e. The zero-order valence-corrected chi connectivity index (χ0v) is 12.3. The molecule has 0 saturated heterocycles. The largest absolute Gasteiger partial charge is 0.461 e. The van der Waals surface area contributed by atoms with Crippen LogP contribution < -0.4 is 5.32 Å². The van der Waals surface area contributed by atoms with Gasteiger partial charge in [-0.3, -0.25) is 4.79 Å². The fraction of sp³-hybridized carbons (Fsp3) is 0.562. The van der Waals surface area contributed by atoms with Gasteiger partial charge in [0, 0.05) is 24.6 Å². The number of furan rings is 1. The highest BCUT2D eigenvalue weighted by Crippen LogP contribution is 2.47. The molecule has 1 aromatic heterocycles. The molecule has 1 aliphatic rings. The zero-order valence-electron chi connectivity index (χ0n) is 12.3. The Labute approximate surface area is 119 Å². The van der Waals surface area contributed by atoms with E-state index in [4.69, 9.17) is 9.52 Å². The molecule has 0 aliphatic heterocycles. The Morgan fingerprint density at radius 1 is 1.55 bits per heavy atom. The van der Waals surface area contributed by atoms with Crippen LogP contribution in [0.2, 0.25) is 0 Å². The smallest absolute Gasteiger partial charge is 0.244 e. The van der Waals surface area contributed by atoms with Gasteiger partial charge in [-0.05, 0) is 43.4 Å². The van der Waals surface area contributed by atoms with Crippen molar-refractivity contribution in [2.24, 2.45) is 11.8 Å². The van der Waals surface area contributed by atoms with Crippen molar-refractivity contribution in [3.05, 3.63) is 29.7 Å². The molecule has 0 bridgehead atoms. The van der Waals surface area contributed by atoms with Gasteiger partial charge in [-0.25, -0.2) is 0 Å². The number of hydrogen-bond donors (Lipinski definition) is 2.